The molecule has 1 aromatic heterocycles. The third kappa shape index (κ3) is 3.23. The van der Waals surface area contributed by atoms with E-state index in [1.165, 1.54) is 11.3 Å². The fourth-order valence-corrected chi connectivity index (χ4v) is 2.36. The molecule has 0 fully saturated rings. The Kier molecular flexibility index (Phi) is 4.86. The number of nitrogens with zero attached hydrogens (tertiary/aromatic N) is 2. The molecular formula is C12H13ClN2O4S. The van der Waals surface area contributed by atoms with Gasteiger partial charge in [0.1, 0.15) is 12.4 Å². The first-order valence-corrected chi connectivity index (χ1v) is 6.78. The molecule has 0 saturated carbocycles. The van der Waals surface area contributed by atoms with Crippen LogP contribution in [0, 0.1) is 0 Å². The van der Waals surface area contributed by atoms with Gasteiger partial charge in [0.2, 0.25) is 10.2 Å². The van der Waals surface area contributed by atoms with Crippen molar-refractivity contribution in [1.29, 1.82) is 0 Å². The Morgan fingerprint density at radius 1 is 1.05 bits per heavy atom. The summed E-state index contributed by atoms with van der Waals surface area (Å²) in [5.74, 6) is 2.14. The van der Waals surface area contributed by atoms with Crippen LogP contribution in [-0.2, 0) is 6.61 Å². The van der Waals surface area contributed by atoms with Crippen molar-refractivity contribution in [2.75, 3.05) is 21.3 Å². The third-order valence-electron chi connectivity index (χ3n) is 2.44. The molecule has 0 radical (unpaired) electrons. The van der Waals surface area contributed by atoms with Gasteiger partial charge >= 0.3 is 0 Å². The number of halogens is 1. The molecule has 0 aliphatic rings. The summed E-state index contributed by atoms with van der Waals surface area (Å²) in [5.41, 5.74) is 0. The molecule has 0 aliphatic carbocycles. The Bertz CT molecular complexity index is 566. The van der Waals surface area contributed by atoms with Crippen LogP contribution in [-0.4, -0.2) is 31.5 Å². The number of ether oxygens (including phenoxy) is 4. The maximum Gasteiger partial charge on any atom is 0.207 e. The van der Waals surface area contributed by atoms with Gasteiger partial charge in [0, 0.05) is 12.1 Å². The van der Waals surface area contributed by atoms with Crippen molar-refractivity contribution in [2.45, 2.75) is 6.61 Å². The van der Waals surface area contributed by atoms with E-state index in [1.807, 2.05) is 0 Å². The zero-order chi connectivity index (χ0) is 14.5. The van der Waals surface area contributed by atoms with Crippen molar-refractivity contribution < 1.29 is 18.9 Å². The highest BCUT2D eigenvalue weighted by molar-refractivity contribution is 7.15. The standard InChI is InChI=1S/C12H13ClN2O4S/c1-16-8-4-7(5-9(17-2)11(8)18-3)19-6-10-14-15-12(13)20-10/h4-5H,6H2,1-3H3. The molecule has 0 spiro atoms. The van der Waals surface area contributed by atoms with Crippen LogP contribution >= 0.6 is 22.9 Å². The molecule has 108 valence electrons. The molecule has 0 N–H and O–H groups in total. The Morgan fingerprint density at radius 3 is 2.15 bits per heavy atom. The minimum Gasteiger partial charge on any atom is -0.493 e. The van der Waals surface area contributed by atoms with Crippen molar-refractivity contribution in [3.8, 4) is 23.0 Å². The highest BCUT2D eigenvalue weighted by Gasteiger charge is 2.14. The van der Waals surface area contributed by atoms with E-state index >= 15 is 0 Å². The van der Waals surface area contributed by atoms with Gasteiger partial charge in [-0.15, -0.1) is 10.2 Å². The van der Waals surface area contributed by atoms with Gasteiger partial charge in [-0.05, 0) is 11.6 Å². The van der Waals surface area contributed by atoms with Crippen LogP contribution in [0.1, 0.15) is 5.01 Å². The van der Waals surface area contributed by atoms with Gasteiger partial charge in [0.25, 0.3) is 0 Å². The van der Waals surface area contributed by atoms with Gasteiger partial charge < -0.3 is 18.9 Å². The SMILES string of the molecule is COc1cc(OCc2nnc(Cl)s2)cc(OC)c1OC. The number of benzene rings is 1. The molecule has 0 aliphatic heterocycles. The van der Waals surface area contributed by atoms with Crippen LogP contribution < -0.4 is 18.9 Å². The fourth-order valence-electron chi connectivity index (χ4n) is 1.58. The van der Waals surface area contributed by atoms with Crippen LogP contribution in [0.25, 0.3) is 0 Å². The van der Waals surface area contributed by atoms with Crippen LogP contribution in [0.15, 0.2) is 12.1 Å². The maximum atomic E-state index is 5.71. The van der Waals surface area contributed by atoms with Gasteiger partial charge in [-0.3, -0.25) is 0 Å². The second-order valence-electron chi connectivity index (χ2n) is 3.60. The molecule has 1 aromatic carbocycles. The van der Waals surface area contributed by atoms with Gasteiger partial charge in [-0.25, -0.2) is 0 Å². The quantitative estimate of drug-likeness (QED) is 0.816. The molecule has 0 amide bonds. The van der Waals surface area contributed by atoms with Crippen molar-refractivity contribution in [3.63, 3.8) is 0 Å². The fraction of sp³-hybridized carbons (Fsp3) is 0.333. The van der Waals surface area contributed by atoms with E-state index in [0.717, 1.165) is 0 Å². The Hall–Kier alpha value is -1.73. The molecule has 1 heterocycles. The van der Waals surface area contributed by atoms with Crippen LogP contribution in [0.5, 0.6) is 23.0 Å². The zero-order valence-corrected chi connectivity index (χ0v) is 12.7. The van der Waals surface area contributed by atoms with Crippen molar-refractivity contribution in [3.05, 3.63) is 21.6 Å². The van der Waals surface area contributed by atoms with E-state index in [1.54, 1.807) is 33.5 Å². The van der Waals surface area contributed by atoms with Crippen molar-refractivity contribution >= 4 is 22.9 Å². The van der Waals surface area contributed by atoms with Crippen LogP contribution in [0.2, 0.25) is 4.47 Å². The molecule has 8 heteroatoms. The molecular weight excluding hydrogens is 304 g/mol. The highest BCUT2D eigenvalue weighted by atomic mass is 35.5. The second kappa shape index (κ2) is 6.62. The van der Waals surface area contributed by atoms with Crippen LogP contribution in [0.3, 0.4) is 0 Å². The average Bonchev–Trinajstić information content (AvgIpc) is 2.89. The highest BCUT2D eigenvalue weighted by Crippen LogP contribution is 2.40. The van der Waals surface area contributed by atoms with E-state index in [0.29, 0.717) is 32.5 Å². The molecule has 2 aromatic rings. The lowest BCUT2D eigenvalue weighted by Crippen LogP contribution is -1.99. The minimum absolute atomic E-state index is 0.267. The summed E-state index contributed by atoms with van der Waals surface area (Å²) in [6.45, 7) is 0.267. The van der Waals surface area contributed by atoms with Crippen LogP contribution in [0.4, 0.5) is 0 Å². The summed E-state index contributed by atoms with van der Waals surface area (Å²) in [6, 6.07) is 3.42. The van der Waals surface area contributed by atoms with E-state index in [-0.39, 0.29) is 6.61 Å². The Labute approximate surface area is 125 Å². The lowest BCUT2D eigenvalue weighted by Gasteiger charge is -2.14. The normalized spacial score (nSPS) is 10.2. The number of hydrogen-bond donors (Lipinski definition) is 0. The summed E-state index contributed by atoms with van der Waals surface area (Å²) in [7, 11) is 4.64. The second-order valence-corrected chi connectivity index (χ2v) is 5.24. The molecule has 20 heavy (non-hydrogen) atoms. The first kappa shape index (κ1) is 14.7. The Balaban J connectivity index is 2.19. The minimum atomic E-state index is 0.267. The largest absolute Gasteiger partial charge is 0.493 e. The zero-order valence-electron chi connectivity index (χ0n) is 11.2. The molecule has 0 saturated heterocycles. The first-order chi connectivity index (χ1) is 9.67. The maximum absolute atomic E-state index is 5.71. The molecule has 2 rings (SSSR count). The van der Waals surface area contributed by atoms with Crippen molar-refractivity contribution in [2.24, 2.45) is 0 Å². The number of methoxy groups -OCH3 is 3. The summed E-state index contributed by atoms with van der Waals surface area (Å²) >= 11 is 6.98. The predicted octanol–water partition coefficient (Wildman–Crippen LogP) is 2.80. The van der Waals surface area contributed by atoms with Gasteiger partial charge in [-0.1, -0.05) is 11.3 Å². The molecule has 6 nitrogen and oxygen atoms in total. The third-order valence-corrected chi connectivity index (χ3v) is 3.44. The van der Waals surface area contributed by atoms with Gasteiger partial charge in [0.05, 0.1) is 21.3 Å². The predicted molar refractivity (Wildman–Crippen MR) is 75.3 cm³/mol. The monoisotopic (exact) mass is 316 g/mol. The summed E-state index contributed by atoms with van der Waals surface area (Å²) in [5, 5.41) is 8.27. The van der Waals surface area contributed by atoms with E-state index < -0.39 is 0 Å². The Morgan fingerprint density at radius 2 is 1.70 bits per heavy atom. The summed E-state index contributed by atoms with van der Waals surface area (Å²) < 4.78 is 21.7. The first-order valence-electron chi connectivity index (χ1n) is 5.58. The lowest BCUT2D eigenvalue weighted by atomic mass is 10.2. The topological polar surface area (TPSA) is 62.7 Å². The number of aromatic nitrogens is 2. The summed E-state index contributed by atoms with van der Waals surface area (Å²) in [6.07, 6.45) is 0. The number of rotatable bonds is 6. The number of hydrogen-bond acceptors (Lipinski definition) is 7. The van der Waals surface area contributed by atoms with Gasteiger partial charge in [-0.2, -0.15) is 0 Å². The summed E-state index contributed by atoms with van der Waals surface area (Å²) in [4.78, 5) is 0. The van der Waals surface area contributed by atoms with E-state index in [2.05, 4.69) is 10.2 Å². The average molecular weight is 317 g/mol. The lowest BCUT2D eigenvalue weighted by molar-refractivity contribution is 0.290. The smallest absolute Gasteiger partial charge is 0.207 e. The van der Waals surface area contributed by atoms with Gasteiger partial charge in [0.15, 0.2) is 16.5 Å². The van der Waals surface area contributed by atoms with E-state index in [9.17, 15) is 0 Å². The van der Waals surface area contributed by atoms with Crippen molar-refractivity contribution in [1.82, 2.24) is 10.2 Å². The molecule has 0 atom stereocenters. The van der Waals surface area contributed by atoms with E-state index in [4.69, 9.17) is 30.5 Å². The molecule has 0 bridgehead atoms. The molecule has 0 unspecified atom stereocenters.